The molecule has 3 nitrogen and oxygen atoms in total. The summed E-state index contributed by atoms with van der Waals surface area (Å²) in [5, 5.41) is 2.70. The Labute approximate surface area is 114 Å². The van der Waals surface area contributed by atoms with Gasteiger partial charge in [-0.1, -0.05) is 38.8 Å². The molecular formula is C15H33NO2. The molecule has 0 saturated heterocycles. The second-order valence-electron chi connectivity index (χ2n) is 4.64. The molecule has 0 saturated carbocycles. The molecule has 0 heterocycles. The summed E-state index contributed by atoms with van der Waals surface area (Å²) in [7, 11) is 0. The van der Waals surface area contributed by atoms with Crippen molar-refractivity contribution in [1.29, 1.82) is 0 Å². The van der Waals surface area contributed by atoms with Crippen LogP contribution in [-0.4, -0.2) is 18.2 Å². The van der Waals surface area contributed by atoms with Crippen molar-refractivity contribution < 1.29 is 9.53 Å². The molecule has 0 aliphatic heterocycles. The first-order chi connectivity index (χ1) is 8.22. The second kappa shape index (κ2) is 12.5. The van der Waals surface area contributed by atoms with Gasteiger partial charge in [0.1, 0.15) is 5.60 Å². The predicted molar refractivity (Wildman–Crippen MR) is 81.0 cm³/mol. The van der Waals surface area contributed by atoms with E-state index in [0.29, 0.717) is 6.54 Å². The summed E-state index contributed by atoms with van der Waals surface area (Å²) in [4.78, 5) is 11.2. The quantitative estimate of drug-likeness (QED) is 0.715. The van der Waals surface area contributed by atoms with E-state index in [-0.39, 0.29) is 6.09 Å². The van der Waals surface area contributed by atoms with Crippen molar-refractivity contribution >= 4 is 6.09 Å². The number of hydrogen-bond acceptors (Lipinski definition) is 2. The van der Waals surface area contributed by atoms with Crippen LogP contribution in [0.15, 0.2) is 11.1 Å². The van der Waals surface area contributed by atoms with Crippen LogP contribution in [0.25, 0.3) is 0 Å². The molecule has 0 fully saturated rings. The van der Waals surface area contributed by atoms with Crippen LogP contribution in [0.4, 0.5) is 4.79 Å². The van der Waals surface area contributed by atoms with Gasteiger partial charge in [-0.2, -0.15) is 0 Å². The SMILES string of the molecule is CC.CC.CC(C)=C(C)CNC(=O)OC(C)(C)C. The van der Waals surface area contributed by atoms with E-state index in [1.165, 1.54) is 5.57 Å². The van der Waals surface area contributed by atoms with Gasteiger partial charge in [-0.25, -0.2) is 4.79 Å². The normalized spacial score (nSPS) is 9.00. The van der Waals surface area contributed by atoms with E-state index in [4.69, 9.17) is 4.74 Å². The molecule has 1 amide bonds. The Morgan fingerprint density at radius 2 is 1.39 bits per heavy atom. The summed E-state index contributed by atoms with van der Waals surface area (Å²) < 4.78 is 5.10. The van der Waals surface area contributed by atoms with Gasteiger partial charge in [0.15, 0.2) is 0 Å². The number of allylic oxidation sites excluding steroid dienone is 1. The van der Waals surface area contributed by atoms with Gasteiger partial charge in [-0.15, -0.1) is 0 Å². The van der Waals surface area contributed by atoms with Crippen LogP contribution in [0.3, 0.4) is 0 Å². The summed E-state index contributed by atoms with van der Waals surface area (Å²) in [5.74, 6) is 0. The minimum Gasteiger partial charge on any atom is -0.444 e. The third-order valence-electron chi connectivity index (χ3n) is 1.75. The maximum atomic E-state index is 11.2. The van der Waals surface area contributed by atoms with Gasteiger partial charge in [0, 0.05) is 6.54 Å². The van der Waals surface area contributed by atoms with Crippen LogP contribution < -0.4 is 5.32 Å². The maximum Gasteiger partial charge on any atom is 0.407 e. The van der Waals surface area contributed by atoms with Gasteiger partial charge in [0.25, 0.3) is 0 Å². The van der Waals surface area contributed by atoms with Crippen molar-refractivity contribution in [2.24, 2.45) is 0 Å². The molecular weight excluding hydrogens is 226 g/mol. The lowest BCUT2D eigenvalue weighted by atomic mass is 10.2. The second-order valence-corrected chi connectivity index (χ2v) is 4.64. The van der Waals surface area contributed by atoms with E-state index < -0.39 is 5.60 Å². The topological polar surface area (TPSA) is 38.3 Å². The molecule has 0 aromatic heterocycles. The third-order valence-corrected chi connectivity index (χ3v) is 1.75. The number of amides is 1. The van der Waals surface area contributed by atoms with E-state index in [9.17, 15) is 4.79 Å². The number of carbonyl (C=O) groups excluding carboxylic acids is 1. The zero-order valence-electron chi connectivity index (χ0n) is 14.0. The Balaban J connectivity index is -0.000000506. The van der Waals surface area contributed by atoms with E-state index in [1.807, 2.05) is 69.2 Å². The Morgan fingerprint density at radius 3 is 1.67 bits per heavy atom. The van der Waals surface area contributed by atoms with Crippen molar-refractivity contribution in [3.63, 3.8) is 0 Å². The zero-order chi connectivity index (χ0) is 15.4. The molecule has 0 aliphatic carbocycles. The molecule has 1 N–H and O–H groups in total. The van der Waals surface area contributed by atoms with E-state index in [2.05, 4.69) is 5.32 Å². The molecule has 0 aromatic rings. The van der Waals surface area contributed by atoms with Crippen LogP contribution in [0, 0.1) is 0 Å². The predicted octanol–water partition coefficient (Wildman–Crippen LogP) is 4.92. The fraction of sp³-hybridized carbons (Fsp3) is 0.800. The smallest absolute Gasteiger partial charge is 0.407 e. The van der Waals surface area contributed by atoms with Crippen molar-refractivity contribution in [2.45, 2.75) is 74.8 Å². The summed E-state index contributed by atoms with van der Waals surface area (Å²) in [6.07, 6.45) is -0.363. The lowest BCUT2D eigenvalue weighted by molar-refractivity contribution is 0.0532. The molecule has 3 heteroatoms. The molecule has 0 radical (unpaired) electrons. The largest absolute Gasteiger partial charge is 0.444 e. The van der Waals surface area contributed by atoms with Gasteiger partial charge in [-0.05, 0) is 41.5 Å². The number of rotatable bonds is 2. The Morgan fingerprint density at radius 1 is 1.00 bits per heavy atom. The lowest BCUT2D eigenvalue weighted by Gasteiger charge is -2.19. The van der Waals surface area contributed by atoms with Gasteiger partial charge in [-0.3, -0.25) is 0 Å². The Hall–Kier alpha value is -0.990. The Bertz CT molecular complexity index is 233. The molecule has 110 valence electrons. The highest BCUT2D eigenvalue weighted by Gasteiger charge is 2.15. The summed E-state index contributed by atoms with van der Waals surface area (Å²) >= 11 is 0. The molecule has 0 aliphatic rings. The molecule has 0 atom stereocenters. The minimum atomic E-state index is -0.428. The van der Waals surface area contributed by atoms with Crippen molar-refractivity contribution in [3.8, 4) is 0 Å². The van der Waals surface area contributed by atoms with E-state index in [0.717, 1.165) is 5.57 Å². The van der Waals surface area contributed by atoms with Gasteiger partial charge in [0.05, 0.1) is 0 Å². The summed E-state index contributed by atoms with van der Waals surface area (Å²) in [6.45, 7) is 20.1. The highest BCUT2D eigenvalue weighted by Crippen LogP contribution is 2.07. The van der Waals surface area contributed by atoms with Gasteiger partial charge in [0.2, 0.25) is 0 Å². The molecule has 0 unspecified atom stereocenters. The van der Waals surface area contributed by atoms with Gasteiger partial charge >= 0.3 is 6.09 Å². The lowest BCUT2D eigenvalue weighted by Crippen LogP contribution is -2.33. The molecule has 0 bridgehead atoms. The summed E-state index contributed by atoms with van der Waals surface area (Å²) in [6, 6.07) is 0. The van der Waals surface area contributed by atoms with Crippen LogP contribution in [0.5, 0.6) is 0 Å². The first-order valence-corrected chi connectivity index (χ1v) is 6.82. The Kier molecular flexibility index (Phi) is 15.4. The molecule has 18 heavy (non-hydrogen) atoms. The zero-order valence-corrected chi connectivity index (χ0v) is 14.0. The first-order valence-electron chi connectivity index (χ1n) is 6.82. The number of hydrogen-bond donors (Lipinski definition) is 1. The maximum absolute atomic E-state index is 11.2. The fourth-order valence-electron chi connectivity index (χ4n) is 0.696. The highest BCUT2D eigenvalue weighted by atomic mass is 16.6. The monoisotopic (exact) mass is 259 g/mol. The van der Waals surface area contributed by atoms with Crippen LogP contribution in [0.1, 0.15) is 69.2 Å². The average molecular weight is 259 g/mol. The van der Waals surface area contributed by atoms with Crippen molar-refractivity contribution in [1.82, 2.24) is 5.32 Å². The van der Waals surface area contributed by atoms with Crippen molar-refractivity contribution in [2.75, 3.05) is 6.54 Å². The standard InChI is InChI=1S/C11H21NO2.2C2H6/c1-8(2)9(3)7-12-10(13)14-11(4,5)6;2*1-2/h7H2,1-6H3,(H,12,13);2*1-2H3. The van der Waals surface area contributed by atoms with E-state index >= 15 is 0 Å². The number of ether oxygens (including phenoxy) is 1. The van der Waals surface area contributed by atoms with Crippen LogP contribution >= 0.6 is 0 Å². The fourth-order valence-corrected chi connectivity index (χ4v) is 0.696. The third kappa shape index (κ3) is 17.4. The van der Waals surface area contributed by atoms with Crippen molar-refractivity contribution in [3.05, 3.63) is 11.1 Å². The molecule has 0 spiro atoms. The van der Waals surface area contributed by atoms with Crippen LogP contribution in [-0.2, 0) is 4.74 Å². The van der Waals surface area contributed by atoms with Crippen LogP contribution in [0.2, 0.25) is 0 Å². The molecule has 0 aromatic carbocycles. The van der Waals surface area contributed by atoms with Gasteiger partial charge < -0.3 is 10.1 Å². The summed E-state index contributed by atoms with van der Waals surface area (Å²) in [5.41, 5.74) is 1.96. The highest BCUT2D eigenvalue weighted by molar-refractivity contribution is 5.68. The number of carbonyl (C=O) groups is 1. The first kappa shape index (κ1) is 22.2. The number of nitrogens with one attached hydrogen (secondary N) is 1. The number of alkyl carbamates (subject to hydrolysis) is 1. The van der Waals surface area contributed by atoms with E-state index in [1.54, 1.807) is 0 Å². The minimum absolute atomic E-state index is 0.363. The average Bonchev–Trinajstić information content (AvgIpc) is 2.29. The molecule has 0 rings (SSSR count).